The number of hydrogen-bond donors (Lipinski definition) is 0. The van der Waals surface area contributed by atoms with Crippen LogP contribution in [0.1, 0.15) is 17.9 Å². The third kappa shape index (κ3) is 1.12. The van der Waals surface area contributed by atoms with E-state index in [1.807, 2.05) is 30.3 Å². The molecule has 1 nitrogen and oxygen atoms in total. The van der Waals surface area contributed by atoms with Gasteiger partial charge in [-0.25, -0.2) is 9.50 Å². The summed E-state index contributed by atoms with van der Waals surface area (Å²) in [6, 6.07) is 9.39. The SMILES string of the molecule is [O]CC1(F)CC1c1ccccc1. The molecule has 1 aromatic carbocycles. The fraction of sp³-hybridized carbons (Fsp3) is 0.400. The molecule has 1 aromatic rings. The van der Waals surface area contributed by atoms with Gasteiger partial charge < -0.3 is 0 Å². The average molecular weight is 165 g/mol. The lowest BCUT2D eigenvalue weighted by molar-refractivity contribution is 0.0958. The highest BCUT2D eigenvalue weighted by atomic mass is 19.1. The summed E-state index contributed by atoms with van der Waals surface area (Å²) >= 11 is 0. The van der Waals surface area contributed by atoms with Gasteiger partial charge in [-0.05, 0) is 12.0 Å². The van der Waals surface area contributed by atoms with Crippen molar-refractivity contribution in [3.63, 3.8) is 0 Å². The van der Waals surface area contributed by atoms with E-state index >= 15 is 0 Å². The second kappa shape index (κ2) is 2.56. The summed E-state index contributed by atoms with van der Waals surface area (Å²) in [5.41, 5.74) is -0.489. The van der Waals surface area contributed by atoms with Gasteiger partial charge in [-0.1, -0.05) is 30.3 Å². The maximum absolute atomic E-state index is 13.3. The fourth-order valence-electron chi connectivity index (χ4n) is 1.54. The van der Waals surface area contributed by atoms with Gasteiger partial charge in [0.25, 0.3) is 0 Å². The Balaban J connectivity index is 2.16. The van der Waals surface area contributed by atoms with Crippen molar-refractivity contribution in [1.82, 2.24) is 0 Å². The molecule has 1 saturated carbocycles. The molecular weight excluding hydrogens is 155 g/mol. The Morgan fingerprint density at radius 3 is 2.58 bits per heavy atom. The van der Waals surface area contributed by atoms with E-state index in [1.54, 1.807) is 0 Å². The normalized spacial score (nSPS) is 33.3. The van der Waals surface area contributed by atoms with Crippen molar-refractivity contribution in [2.75, 3.05) is 6.61 Å². The molecule has 0 bridgehead atoms. The van der Waals surface area contributed by atoms with Gasteiger partial charge in [0.2, 0.25) is 0 Å². The molecule has 12 heavy (non-hydrogen) atoms. The van der Waals surface area contributed by atoms with E-state index < -0.39 is 12.3 Å². The van der Waals surface area contributed by atoms with E-state index in [9.17, 15) is 9.50 Å². The number of hydrogen-bond acceptors (Lipinski definition) is 0. The Morgan fingerprint density at radius 2 is 2.08 bits per heavy atom. The van der Waals surface area contributed by atoms with Crippen molar-refractivity contribution in [3.05, 3.63) is 35.9 Å². The molecule has 0 amide bonds. The first-order valence-electron chi connectivity index (χ1n) is 4.08. The van der Waals surface area contributed by atoms with Crippen LogP contribution in [0.25, 0.3) is 0 Å². The molecule has 2 heteroatoms. The molecule has 2 atom stereocenters. The largest absolute Gasteiger partial charge is 0.240 e. The van der Waals surface area contributed by atoms with E-state index in [0.717, 1.165) is 5.56 Å². The second-order valence-electron chi connectivity index (χ2n) is 3.35. The minimum Gasteiger partial charge on any atom is -0.240 e. The van der Waals surface area contributed by atoms with Crippen LogP contribution < -0.4 is 0 Å². The predicted octanol–water partition coefficient (Wildman–Crippen LogP) is 2.31. The lowest BCUT2D eigenvalue weighted by Crippen LogP contribution is -2.07. The van der Waals surface area contributed by atoms with Gasteiger partial charge in [0, 0.05) is 5.92 Å². The molecule has 0 N–H and O–H groups in total. The van der Waals surface area contributed by atoms with E-state index in [0.29, 0.717) is 6.42 Å². The monoisotopic (exact) mass is 165 g/mol. The number of alkyl halides is 1. The summed E-state index contributed by atoms with van der Waals surface area (Å²) in [5, 5.41) is 10.4. The van der Waals surface area contributed by atoms with Crippen LogP contribution in [0.3, 0.4) is 0 Å². The van der Waals surface area contributed by atoms with Gasteiger partial charge in [0.15, 0.2) is 0 Å². The summed E-state index contributed by atoms with van der Waals surface area (Å²) in [5.74, 6) is -0.142. The molecule has 2 unspecified atom stereocenters. The first kappa shape index (κ1) is 7.74. The van der Waals surface area contributed by atoms with Crippen LogP contribution in [0.4, 0.5) is 4.39 Å². The zero-order chi connectivity index (χ0) is 8.60. The Bertz CT molecular complexity index is 272. The maximum Gasteiger partial charge on any atom is 0.145 e. The van der Waals surface area contributed by atoms with Crippen LogP contribution in [0, 0.1) is 0 Å². The third-order valence-corrected chi connectivity index (χ3v) is 2.45. The molecule has 1 fully saturated rings. The van der Waals surface area contributed by atoms with Crippen molar-refractivity contribution in [2.24, 2.45) is 0 Å². The van der Waals surface area contributed by atoms with Crippen molar-refractivity contribution in [2.45, 2.75) is 18.0 Å². The van der Waals surface area contributed by atoms with Gasteiger partial charge in [-0.15, -0.1) is 0 Å². The molecule has 1 radical (unpaired) electrons. The highest BCUT2D eigenvalue weighted by molar-refractivity contribution is 5.31. The van der Waals surface area contributed by atoms with Crippen LogP contribution >= 0.6 is 0 Å². The molecule has 0 heterocycles. The zero-order valence-corrected chi connectivity index (χ0v) is 6.66. The Labute approximate surface area is 70.8 Å². The minimum absolute atomic E-state index is 0.142. The lowest BCUT2D eigenvalue weighted by atomic mass is 10.1. The van der Waals surface area contributed by atoms with Crippen molar-refractivity contribution < 1.29 is 9.50 Å². The highest BCUT2D eigenvalue weighted by Crippen LogP contribution is 2.54. The van der Waals surface area contributed by atoms with Crippen molar-refractivity contribution in [3.8, 4) is 0 Å². The topological polar surface area (TPSA) is 19.9 Å². The number of halogens is 1. The molecule has 1 aliphatic rings. The summed E-state index contributed by atoms with van der Waals surface area (Å²) in [4.78, 5) is 0. The minimum atomic E-state index is -1.44. The summed E-state index contributed by atoms with van der Waals surface area (Å²) < 4.78 is 13.3. The summed E-state index contributed by atoms with van der Waals surface area (Å²) in [7, 11) is 0. The summed E-state index contributed by atoms with van der Waals surface area (Å²) in [6.07, 6.45) is 0.403. The van der Waals surface area contributed by atoms with Gasteiger partial charge in [-0.3, -0.25) is 0 Å². The van der Waals surface area contributed by atoms with E-state index in [-0.39, 0.29) is 5.92 Å². The Morgan fingerprint density at radius 1 is 1.42 bits per heavy atom. The van der Waals surface area contributed by atoms with E-state index in [4.69, 9.17) is 0 Å². The molecule has 0 aromatic heterocycles. The molecule has 2 rings (SSSR count). The standard InChI is InChI=1S/C10H10FO/c11-10(7-12)6-9(10)8-4-2-1-3-5-8/h1-5,9H,6-7H2. The van der Waals surface area contributed by atoms with E-state index in [1.165, 1.54) is 0 Å². The highest BCUT2D eigenvalue weighted by Gasteiger charge is 2.56. The third-order valence-electron chi connectivity index (χ3n) is 2.45. The molecule has 1 aliphatic carbocycles. The number of benzene rings is 1. The van der Waals surface area contributed by atoms with Crippen LogP contribution in [-0.2, 0) is 5.11 Å². The van der Waals surface area contributed by atoms with E-state index in [2.05, 4.69) is 0 Å². The van der Waals surface area contributed by atoms with Gasteiger partial charge in [-0.2, -0.15) is 0 Å². The Hall–Kier alpha value is -0.890. The lowest BCUT2D eigenvalue weighted by Gasteiger charge is -2.01. The van der Waals surface area contributed by atoms with Crippen LogP contribution in [0.15, 0.2) is 30.3 Å². The molecule has 63 valence electrons. The predicted molar refractivity (Wildman–Crippen MR) is 43.2 cm³/mol. The van der Waals surface area contributed by atoms with Gasteiger partial charge in [0.05, 0.1) is 0 Å². The first-order chi connectivity index (χ1) is 5.76. The smallest absolute Gasteiger partial charge is 0.145 e. The Kier molecular flexibility index (Phi) is 1.65. The van der Waals surface area contributed by atoms with Crippen LogP contribution in [0.2, 0.25) is 0 Å². The molecule has 0 aliphatic heterocycles. The van der Waals surface area contributed by atoms with Crippen molar-refractivity contribution in [1.29, 1.82) is 0 Å². The average Bonchev–Trinajstić information content (AvgIpc) is 2.81. The van der Waals surface area contributed by atoms with Gasteiger partial charge in [0.1, 0.15) is 12.3 Å². The molecular formula is C10H10FO. The molecule has 0 saturated heterocycles. The second-order valence-corrected chi connectivity index (χ2v) is 3.35. The van der Waals surface area contributed by atoms with Crippen LogP contribution in [0.5, 0.6) is 0 Å². The summed E-state index contributed by atoms with van der Waals surface area (Å²) in [6.45, 7) is -0.605. The zero-order valence-electron chi connectivity index (χ0n) is 6.66. The maximum atomic E-state index is 13.3. The van der Waals surface area contributed by atoms with Crippen molar-refractivity contribution >= 4 is 0 Å². The quantitative estimate of drug-likeness (QED) is 0.640. The first-order valence-corrected chi connectivity index (χ1v) is 4.08. The fourth-order valence-corrected chi connectivity index (χ4v) is 1.54. The van der Waals surface area contributed by atoms with Crippen LogP contribution in [-0.4, -0.2) is 12.3 Å². The van der Waals surface area contributed by atoms with Gasteiger partial charge >= 0.3 is 0 Å². The number of rotatable bonds is 2. The molecule has 0 spiro atoms.